The van der Waals surface area contributed by atoms with Gasteiger partial charge in [0.25, 0.3) is 0 Å². The standard InChI is InChI=1S/C14H20N4OS/c1-17-9-11(8-16-17)7-12-13(19-2)3-5-18(12)10-14-15-4-6-20-14/h4,6,8-9,12-13H,3,5,7,10H2,1-2H3/t12-,13+/m1/s1. The van der Waals surface area contributed by atoms with Crippen LogP contribution < -0.4 is 0 Å². The van der Waals surface area contributed by atoms with Crippen molar-refractivity contribution < 1.29 is 4.74 Å². The second-order valence-electron chi connectivity index (χ2n) is 5.25. The number of aryl methyl sites for hydroxylation is 1. The van der Waals surface area contributed by atoms with Crippen LogP contribution in [0.25, 0.3) is 0 Å². The van der Waals surface area contributed by atoms with Gasteiger partial charge in [-0.2, -0.15) is 5.10 Å². The second-order valence-corrected chi connectivity index (χ2v) is 6.23. The normalized spacial score (nSPS) is 23.5. The zero-order chi connectivity index (χ0) is 13.9. The number of hydrogen-bond acceptors (Lipinski definition) is 5. The molecule has 1 fully saturated rings. The summed E-state index contributed by atoms with van der Waals surface area (Å²) in [5.74, 6) is 0. The Morgan fingerprint density at radius 1 is 1.50 bits per heavy atom. The van der Waals surface area contributed by atoms with Crippen LogP contribution in [0.4, 0.5) is 0 Å². The Morgan fingerprint density at radius 2 is 2.40 bits per heavy atom. The zero-order valence-corrected chi connectivity index (χ0v) is 12.7. The fraction of sp³-hybridized carbons (Fsp3) is 0.571. The van der Waals surface area contributed by atoms with Crippen LogP contribution in [0, 0.1) is 0 Å². The van der Waals surface area contributed by atoms with Crippen LogP contribution in [-0.4, -0.2) is 45.5 Å². The zero-order valence-electron chi connectivity index (χ0n) is 11.9. The van der Waals surface area contributed by atoms with Gasteiger partial charge in [0.1, 0.15) is 5.01 Å². The van der Waals surface area contributed by atoms with Gasteiger partial charge in [0.15, 0.2) is 0 Å². The van der Waals surface area contributed by atoms with Crippen molar-refractivity contribution in [2.24, 2.45) is 7.05 Å². The molecule has 1 aliphatic heterocycles. The first-order valence-corrected chi connectivity index (χ1v) is 7.77. The summed E-state index contributed by atoms with van der Waals surface area (Å²) < 4.78 is 7.52. The highest BCUT2D eigenvalue weighted by Gasteiger charge is 2.34. The van der Waals surface area contributed by atoms with E-state index in [9.17, 15) is 0 Å². The summed E-state index contributed by atoms with van der Waals surface area (Å²) in [7, 11) is 3.77. The molecule has 0 unspecified atom stereocenters. The first-order chi connectivity index (χ1) is 9.76. The molecule has 0 radical (unpaired) electrons. The van der Waals surface area contributed by atoms with E-state index in [-0.39, 0.29) is 0 Å². The lowest BCUT2D eigenvalue weighted by atomic mass is 10.0. The number of hydrogen-bond donors (Lipinski definition) is 0. The lowest BCUT2D eigenvalue weighted by Gasteiger charge is -2.26. The smallest absolute Gasteiger partial charge is 0.107 e. The van der Waals surface area contributed by atoms with Gasteiger partial charge in [-0.25, -0.2) is 4.98 Å². The van der Waals surface area contributed by atoms with E-state index < -0.39 is 0 Å². The first kappa shape index (κ1) is 13.7. The maximum atomic E-state index is 5.67. The summed E-state index contributed by atoms with van der Waals surface area (Å²) in [5, 5.41) is 7.47. The molecular formula is C14H20N4OS. The molecule has 2 aromatic rings. The number of ether oxygens (including phenoxy) is 1. The van der Waals surface area contributed by atoms with Gasteiger partial charge in [-0.15, -0.1) is 11.3 Å². The Balaban J connectivity index is 1.72. The SMILES string of the molecule is CO[C@H]1CCN(Cc2nccs2)[C@@H]1Cc1cnn(C)c1. The average Bonchev–Trinajstić information content (AvgIpc) is 3.15. The Hall–Kier alpha value is -1.24. The molecule has 0 spiro atoms. The number of thiazole rings is 1. The lowest BCUT2D eigenvalue weighted by molar-refractivity contribution is 0.0638. The van der Waals surface area contributed by atoms with E-state index in [1.165, 1.54) is 10.6 Å². The number of likely N-dealkylation sites (tertiary alicyclic amines) is 1. The minimum atomic E-state index is 0.301. The van der Waals surface area contributed by atoms with Gasteiger partial charge in [-0.05, 0) is 18.4 Å². The molecule has 0 aliphatic carbocycles. The van der Waals surface area contributed by atoms with Crippen molar-refractivity contribution in [1.82, 2.24) is 19.7 Å². The number of rotatable bonds is 5. The van der Waals surface area contributed by atoms with Crippen molar-refractivity contribution in [1.29, 1.82) is 0 Å². The Kier molecular flexibility index (Phi) is 4.14. The largest absolute Gasteiger partial charge is 0.380 e. The molecule has 1 aliphatic rings. The van der Waals surface area contributed by atoms with E-state index in [2.05, 4.69) is 21.2 Å². The van der Waals surface area contributed by atoms with Crippen LogP contribution >= 0.6 is 11.3 Å². The number of methoxy groups -OCH3 is 1. The molecule has 0 saturated carbocycles. The van der Waals surface area contributed by atoms with Crippen LogP contribution in [0.15, 0.2) is 24.0 Å². The van der Waals surface area contributed by atoms with Crippen molar-refractivity contribution >= 4 is 11.3 Å². The third kappa shape index (κ3) is 2.92. The highest BCUT2D eigenvalue weighted by atomic mass is 32.1. The molecule has 2 aromatic heterocycles. The van der Waals surface area contributed by atoms with E-state index >= 15 is 0 Å². The molecule has 0 aromatic carbocycles. The molecule has 1 saturated heterocycles. The summed E-state index contributed by atoms with van der Waals surface area (Å²) in [6, 6.07) is 0.410. The van der Waals surface area contributed by atoms with E-state index in [4.69, 9.17) is 4.74 Å². The van der Waals surface area contributed by atoms with Gasteiger partial charge in [0.2, 0.25) is 0 Å². The highest BCUT2D eigenvalue weighted by molar-refractivity contribution is 7.09. The van der Waals surface area contributed by atoms with Crippen LogP contribution in [0.2, 0.25) is 0 Å². The summed E-state index contributed by atoms with van der Waals surface area (Å²) in [6.07, 6.45) is 8.29. The van der Waals surface area contributed by atoms with Crippen molar-refractivity contribution in [2.75, 3.05) is 13.7 Å². The molecule has 6 heteroatoms. The van der Waals surface area contributed by atoms with Gasteiger partial charge in [0.05, 0.1) is 18.8 Å². The minimum absolute atomic E-state index is 0.301. The summed E-state index contributed by atoms with van der Waals surface area (Å²) in [6.45, 7) is 1.99. The molecule has 0 bridgehead atoms. The van der Waals surface area contributed by atoms with E-state index in [1.54, 1.807) is 11.3 Å². The summed E-state index contributed by atoms with van der Waals surface area (Å²) >= 11 is 1.72. The molecule has 3 rings (SSSR count). The van der Waals surface area contributed by atoms with Crippen molar-refractivity contribution in [3.63, 3.8) is 0 Å². The van der Waals surface area contributed by atoms with Crippen LogP contribution in [-0.2, 0) is 24.8 Å². The van der Waals surface area contributed by atoms with Crippen molar-refractivity contribution in [3.8, 4) is 0 Å². The van der Waals surface area contributed by atoms with Gasteiger partial charge in [0, 0.05) is 44.5 Å². The summed E-state index contributed by atoms with van der Waals surface area (Å²) in [4.78, 5) is 6.88. The highest BCUT2D eigenvalue weighted by Crippen LogP contribution is 2.26. The van der Waals surface area contributed by atoms with Crippen LogP contribution in [0.1, 0.15) is 17.0 Å². The maximum Gasteiger partial charge on any atom is 0.107 e. The van der Waals surface area contributed by atoms with Crippen molar-refractivity contribution in [3.05, 3.63) is 34.5 Å². The van der Waals surface area contributed by atoms with Gasteiger partial charge in [-0.1, -0.05) is 0 Å². The van der Waals surface area contributed by atoms with Gasteiger partial charge >= 0.3 is 0 Å². The predicted molar refractivity (Wildman–Crippen MR) is 78.6 cm³/mol. The minimum Gasteiger partial charge on any atom is -0.380 e. The quantitative estimate of drug-likeness (QED) is 0.841. The third-order valence-electron chi connectivity index (χ3n) is 3.93. The molecule has 20 heavy (non-hydrogen) atoms. The van der Waals surface area contributed by atoms with E-state index in [0.717, 1.165) is 25.9 Å². The fourth-order valence-electron chi connectivity index (χ4n) is 2.94. The lowest BCUT2D eigenvalue weighted by Crippen LogP contribution is -2.37. The first-order valence-electron chi connectivity index (χ1n) is 6.89. The Bertz CT molecular complexity index is 539. The van der Waals surface area contributed by atoms with Gasteiger partial charge in [-0.3, -0.25) is 9.58 Å². The fourth-order valence-corrected chi connectivity index (χ4v) is 3.58. The number of aromatic nitrogens is 3. The van der Waals surface area contributed by atoms with E-state index in [1.807, 2.05) is 36.6 Å². The van der Waals surface area contributed by atoms with Gasteiger partial charge < -0.3 is 4.74 Å². The molecule has 0 amide bonds. The topological polar surface area (TPSA) is 43.2 Å². The molecule has 108 valence electrons. The van der Waals surface area contributed by atoms with Crippen molar-refractivity contribution in [2.45, 2.75) is 31.5 Å². The monoisotopic (exact) mass is 292 g/mol. The van der Waals surface area contributed by atoms with Crippen LogP contribution in [0.3, 0.4) is 0 Å². The molecular weight excluding hydrogens is 272 g/mol. The Morgan fingerprint density at radius 3 is 3.05 bits per heavy atom. The second kappa shape index (κ2) is 6.03. The molecule has 2 atom stereocenters. The van der Waals surface area contributed by atoms with E-state index in [0.29, 0.717) is 12.1 Å². The molecule has 0 N–H and O–H groups in total. The predicted octanol–water partition coefficient (Wildman–Crippen LogP) is 1.71. The third-order valence-corrected chi connectivity index (χ3v) is 4.69. The molecule has 5 nitrogen and oxygen atoms in total. The average molecular weight is 292 g/mol. The summed E-state index contributed by atoms with van der Waals surface area (Å²) in [5.41, 5.74) is 1.27. The number of nitrogens with zero attached hydrogens (tertiary/aromatic N) is 4. The van der Waals surface area contributed by atoms with Crippen LogP contribution in [0.5, 0.6) is 0 Å². The Labute approximate surface area is 123 Å². The maximum absolute atomic E-state index is 5.67. The molecule has 3 heterocycles.